The molecule has 2 aromatic rings. The molecule has 2 amide bonds. The minimum Gasteiger partial charge on any atom is -0.398 e. The topological polar surface area (TPSA) is 75.4 Å². The smallest absolute Gasteiger partial charge is 0.261 e. The fourth-order valence-electron chi connectivity index (χ4n) is 2.36. The Morgan fingerprint density at radius 1 is 1.05 bits per heavy atom. The van der Waals surface area contributed by atoms with Crippen LogP contribution in [0.1, 0.15) is 26.3 Å². The fraction of sp³-hybridized carbons (Fsp3) is 0.125. The fourth-order valence-corrected chi connectivity index (χ4v) is 2.36. The maximum atomic E-state index is 11.9. The summed E-state index contributed by atoms with van der Waals surface area (Å²) in [6.07, 6.45) is 0. The first-order valence-electron chi connectivity index (χ1n) is 6.61. The van der Waals surface area contributed by atoms with Gasteiger partial charge >= 0.3 is 0 Å². The van der Waals surface area contributed by atoms with Crippen molar-refractivity contribution in [1.82, 2.24) is 4.90 Å². The van der Waals surface area contributed by atoms with Crippen molar-refractivity contribution >= 4 is 23.2 Å². The number of anilines is 2. The van der Waals surface area contributed by atoms with Crippen molar-refractivity contribution in [2.45, 2.75) is 6.54 Å². The highest BCUT2D eigenvalue weighted by Crippen LogP contribution is 2.25. The van der Waals surface area contributed by atoms with E-state index >= 15 is 0 Å². The molecule has 0 unspecified atom stereocenters. The van der Waals surface area contributed by atoms with Crippen molar-refractivity contribution < 1.29 is 9.59 Å². The Morgan fingerprint density at radius 2 is 1.76 bits per heavy atom. The number of para-hydroxylation sites is 1. The van der Waals surface area contributed by atoms with Gasteiger partial charge < -0.3 is 11.1 Å². The molecule has 1 aliphatic rings. The summed E-state index contributed by atoms with van der Waals surface area (Å²) in [5.41, 5.74) is 9.27. The molecule has 2 aromatic carbocycles. The van der Waals surface area contributed by atoms with Gasteiger partial charge in [0.25, 0.3) is 11.8 Å². The van der Waals surface area contributed by atoms with Crippen LogP contribution in [0.2, 0.25) is 0 Å². The number of nitrogens with zero attached hydrogens (tertiary/aromatic N) is 1. The van der Waals surface area contributed by atoms with Crippen LogP contribution in [0, 0.1) is 0 Å². The second-order valence-corrected chi connectivity index (χ2v) is 4.98. The van der Waals surface area contributed by atoms with Gasteiger partial charge in [-0.3, -0.25) is 14.5 Å². The summed E-state index contributed by atoms with van der Waals surface area (Å²) in [6.45, 7) is 0.559. The van der Waals surface area contributed by atoms with Gasteiger partial charge in [-0.25, -0.2) is 0 Å². The number of hydrogen-bond acceptors (Lipinski definition) is 4. The highest BCUT2D eigenvalue weighted by Gasteiger charge is 2.32. The lowest BCUT2D eigenvalue weighted by Crippen LogP contribution is -2.24. The summed E-state index contributed by atoms with van der Waals surface area (Å²) in [4.78, 5) is 24.9. The molecule has 0 spiro atoms. The van der Waals surface area contributed by atoms with E-state index < -0.39 is 0 Å². The number of imide groups is 1. The lowest BCUT2D eigenvalue weighted by molar-refractivity contribution is 0.0693. The molecule has 5 nitrogen and oxygen atoms in total. The van der Waals surface area contributed by atoms with Crippen LogP contribution >= 0.6 is 0 Å². The molecular formula is C16H15N3O2. The van der Waals surface area contributed by atoms with Crippen molar-refractivity contribution in [1.29, 1.82) is 0 Å². The summed E-state index contributed by atoms with van der Waals surface area (Å²) in [5.74, 6) is -0.522. The monoisotopic (exact) mass is 281 g/mol. The van der Waals surface area contributed by atoms with Crippen molar-refractivity contribution in [3.8, 4) is 0 Å². The maximum Gasteiger partial charge on any atom is 0.261 e. The molecule has 3 N–H and O–H groups in total. The third kappa shape index (κ3) is 2.23. The Labute approximate surface area is 122 Å². The van der Waals surface area contributed by atoms with Gasteiger partial charge in [0, 0.05) is 25.0 Å². The zero-order valence-electron chi connectivity index (χ0n) is 11.6. The molecule has 3 rings (SSSR count). The third-order valence-electron chi connectivity index (χ3n) is 3.63. The molecule has 0 atom stereocenters. The Kier molecular flexibility index (Phi) is 3.10. The third-order valence-corrected chi connectivity index (χ3v) is 3.63. The molecular weight excluding hydrogens is 266 g/mol. The van der Waals surface area contributed by atoms with E-state index in [4.69, 9.17) is 5.73 Å². The highest BCUT2D eigenvalue weighted by atomic mass is 16.2. The van der Waals surface area contributed by atoms with Crippen LogP contribution in [0.5, 0.6) is 0 Å². The van der Waals surface area contributed by atoms with E-state index in [-0.39, 0.29) is 11.8 Å². The Balaban J connectivity index is 1.82. The van der Waals surface area contributed by atoms with Crippen molar-refractivity contribution in [2.75, 3.05) is 18.1 Å². The van der Waals surface area contributed by atoms with E-state index in [1.165, 1.54) is 7.05 Å². The Hall–Kier alpha value is -2.82. The number of nitrogens with two attached hydrogens (primary N) is 1. The van der Waals surface area contributed by atoms with Crippen LogP contribution in [0.15, 0.2) is 42.5 Å². The van der Waals surface area contributed by atoms with Crippen LogP contribution in [0.25, 0.3) is 0 Å². The first-order valence-corrected chi connectivity index (χ1v) is 6.61. The highest BCUT2D eigenvalue weighted by molar-refractivity contribution is 6.21. The summed E-state index contributed by atoms with van der Waals surface area (Å²) in [7, 11) is 1.49. The molecule has 0 aromatic heterocycles. The van der Waals surface area contributed by atoms with Gasteiger partial charge in [-0.15, -0.1) is 0 Å². The molecule has 5 heteroatoms. The van der Waals surface area contributed by atoms with Crippen LogP contribution in [-0.2, 0) is 6.54 Å². The first kappa shape index (κ1) is 13.2. The number of carbonyl (C=O) groups excluding carboxylic acids is 2. The van der Waals surface area contributed by atoms with E-state index in [1.807, 2.05) is 24.3 Å². The maximum absolute atomic E-state index is 11.9. The lowest BCUT2D eigenvalue weighted by Gasteiger charge is -2.09. The number of carbonyl (C=O) groups is 2. The van der Waals surface area contributed by atoms with Crippen molar-refractivity contribution in [3.63, 3.8) is 0 Å². The second kappa shape index (κ2) is 4.94. The molecule has 0 radical (unpaired) electrons. The molecule has 21 heavy (non-hydrogen) atoms. The van der Waals surface area contributed by atoms with E-state index in [2.05, 4.69) is 5.32 Å². The summed E-state index contributed by atoms with van der Waals surface area (Å²) < 4.78 is 0. The largest absolute Gasteiger partial charge is 0.398 e. The van der Waals surface area contributed by atoms with Crippen LogP contribution in [0.3, 0.4) is 0 Å². The SMILES string of the molecule is CN1C(=O)c2ccc(NCc3ccccc3N)cc2C1=O. The minimum atomic E-state index is -0.266. The molecule has 0 bridgehead atoms. The summed E-state index contributed by atoms with van der Waals surface area (Å²) in [6, 6.07) is 12.8. The molecule has 0 saturated heterocycles. The number of benzene rings is 2. The van der Waals surface area contributed by atoms with Crippen molar-refractivity contribution in [3.05, 3.63) is 59.2 Å². The number of fused-ring (bicyclic) bond motifs is 1. The molecule has 1 heterocycles. The summed E-state index contributed by atoms with van der Waals surface area (Å²) >= 11 is 0. The van der Waals surface area contributed by atoms with Gasteiger partial charge in [-0.1, -0.05) is 18.2 Å². The van der Waals surface area contributed by atoms with Gasteiger partial charge in [-0.2, -0.15) is 0 Å². The molecule has 0 fully saturated rings. The van der Waals surface area contributed by atoms with Crippen LogP contribution < -0.4 is 11.1 Å². The first-order chi connectivity index (χ1) is 10.1. The second-order valence-electron chi connectivity index (χ2n) is 4.98. The average molecular weight is 281 g/mol. The van der Waals surface area contributed by atoms with E-state index in [1.54, 1.807) is 18.2 Å². The van der Waals surface area contributed by atoms with E-state index in [0.29, 0.717) is 17.7 Å². The predicted octanol–water partition coefficient (Wildman–Crippen LogP) is 2.11. The van der Waals surface area contributed by atoms with Crippen molar-refractivity contribution in [2.24, 2.45) is 0 Å². The Bertz CT molecular complexity index is 740. The predicted molar refractivity (Wildman–Crippen MR) is 81.0 cm³/mol. The molecule has 1 aliphatic heterocycles. The lowest BCUT2D eigenvalue weighted by atomic mass is 10.1. The standard InChI is InChI=1S/C16H15N3O2/c1-19-15(20)12-7-6-11(8-13(12)16(19)21)18-9-10-4-2-3-5-14(10)17/h2-8,18H,9,17H2,1H3. The number of nitrogens with one attached hydrogen (secondary N) is 1. The van der Waals surface area contributed by atoms with Crippen LogP contribution in [0.4, 0.5) is 11.4 Å². The average Bonchev–Trinajstić information content (AvgIpc) is 2.71. The van der Waals surface area contributed by atoms with Gasteiger partial charge in [-0.05, 0) is 29.8 Å². The molecule has 106 valence electrons. The van der Waals surface area contributed by atoms with Gasteiger partial charge in [0.2, 0.25) is 0 Å². The number of rotatable bonds is 3. The number of hydrogen-bond donors (Lipinski definition) is 2. The number of amides is 2. The Morgan fingerprint density at radius 3 is 2.52 bits per heavy atom. The minimum absolute atomic E-state index is 0.256. The van der Waals surface area contributed by atoms with E-state index in [9.17, 15) is 9.59 Å². The number of nitrogen functional groups attached to an aromatic ring is 1. The zero-order valence-corrected chi connectivity index (χ0v) is 11.6. The zero-order chi connectivity index (χ0) is 15.0. The van der Waals surface area contributed by atoms with Gasteiger partial charge in [0.1, 0.15) is 0 Å². The van der Waals surface area contributed by atoms with E-state index in [0.717, 1.165) is 21.8 Å². The molecule has 0 saturated carbocycles. The van der Waals surface area contributed by atoms with Gasteiger partial charge in [0.05, 0.1) is 11.1 Å². The summed E-state index contributed by atoms with van der Waals surface area (Å²) in [5, 5.41) is 3.22. The van der Waals surface area contributed by atoms with Crippen LogP contribution in [-0.4, -0.2) is 23.8 Å². The quantitative estimate of drug-likeness (QED) is 0.667. The molecule has 0 aliphatic carbocycles. The normalized spacial score (nSPS) is 13.5. The van der Waals surface area contributed by atoms with Gasteiger partial charge in [0.15, 0.2) is 0 Å².